The number of hydrogen-bond donors (Lipinski definition) is 0. The summed E-state index contributed by atoms with van der Waals surface area (Å²) in [7, 11) is -2.30. The largest absolute Gasteiger partial charge is 0.469 e. The number of halogens is 1. The van der Waals surface area contributed by atoms with E-state index >= 15 is 0 Å². The van der Waals surface area contributed by atoms with Crippen molar-refractivity contribution >= 4 is 33.4 Å². The maximum Gasteiger partial charge on any atom is 0.306 e. The minimum absolute atomic E-state index is 0.163. The number of carbonyl (C=O) groups excluding carboxylic acids is 1. The Morgan fingerprint density at radius 2 is 1.79 bits per heavy atom. The summed E-state index contributed by atoms with van der Waals surface area (Å²) in [5.74, 6) is 0.425. The van der Waals surface area contributed by atoms with E-state index in [-0.39, 0.29) is 12.2 Å². The molecule has 3 aromatic rings. The number of hydrogen-bond acceptors (Lipinski definition) is 8. The minimum atomic E-state index is -3.55. The van der Waals surface area contributed by atoms with Crippen molar-refractivity contribution in [1.29, 1.82) is 0 Å². The van der Waals surface area contributed by atoms with E-state index in [1.54, 1.807) is 24.5 Å². The highest BCUT2D eigenvalue weighted by Gasteiger charge is 2.28. The molecule has 0 N–H and O–H groups in total. The van der Waals surface area contributed by atoms with Crippen molar-refractivity contribution in [3.63, 3.8) is 0 Å². The number of piperazine rings is 1. The van der Waals surface area contributed by atoms with Crippen LogP contribution in [0.5, 0.6) is 0 Å². The van der Waals surface area contributed by atoms with Crippen LogP contribution in [-0.4, -0.2) is 72.7 Å². The molecule has 11 heteroatoms. The number of carbonyl (C=O) groups is 1. The van der Waals surface area contributed by atoms with Crippen LogP contribution in [0.1, 0.15) is 6.42 Å². The van der Waals surface area contributed by atoms with Gasteiger partial charge in [0.05, 0.1) is 25.0 Å². The Morgan fingerprint density at radius 3 is 2.44 bits per heavy atom. The summed E-state index contributed by atoms with van der Waals surface area (Å²) in [6.45, 7) is 1.51. The Balaban J connectivity index is 1.57. The molecule has 3 heterocycles. The van der Waals surface area contributed by atoms with Gasteiger partial charge < -0.3 is 9.64 Å². The predicted molar refractivity (Wildman–Crippen MR) is 130 cm³/mol. The van der Waals surface area contributed by atoms with E-state index in [0.29, 0.717) is 42.8 Å². The third kappa shape index (κ3) is 5.69. The number of pyridine rings is 1. The van der Waals surface area contributed by atoms with Gasteiger partial charge in [0.15, 0.2) is 5.82 Å². The zero-order valence-corrected chi connectivity index (χ0v) is 20.2. The van der Waals surface area contributed by atoms with Gasteiger partial charge in [0, 0.05) is 60.8 Å². The van der Waals surface area contributed by atoms with Gasteiger partial charge in [-0.2, -0.15) is 4.31 Å². The van der Waals surface area contributed by atoms with Crippen molar-refractivity contribution in [2.75, 3.05) is 43.9 Å². The molecule has 1 fully saturated rings. The van der Waals surface area contributed by atoms with Crippen LogP contribution in [0, 0.1) is 0 Å². The van der Waals surface area contributed by atoms with E-state index in [9.17, 15) is 13.2 Å². The maximum absolute atomic E-state index is 12.6. The van der Waals surface area contributed by atoms with Gasteiger partial charge in [-0.25, -0.2) is 18.4 Å². The lowest BCUT2D eigenvalue weighted by Gasteiger charge is -2.34. The highest BCUT2D eigenvalue weighted by atomic mass is 35.5. The predicted octanol–water partition coefficient (Wildman–Crippen LogP) is 2.87. The standard InChI is InChI=1S/C23H24ClN5O4S/c1-33-22(30)8-14-34(31,32)29-12-10-28(11-13-29)21-15-20(17-4-6-19(24)7-5-17)26-23(27-21)18-3-2-9-25-16-18/h2-7,9,15-16H,8,10-14H2,1H3. The summed E-state index contributed by atoms with van der Waals surface area (Å²) in [6, 6.07) is 13.0. The fourth-order valence-electron chi connectivity index (χ4n) is 3.63. The third-order valence-electron chi connectivity index (χ3n) is 5.52. The number of benzene rings is 1. The van der Waals surface area contributed by atoms with Crippen LogP contribution in [0.15, 0.2) is 54.9 Å². The van der Waals surface area contributed by atoms with Gasteiger partial charge in [0.1, 0.15) is 5.82 Å². The van der Waals surface area contributed by atoms with Gasteiger partial charge in [-0.1, -0.05) is 23.7 Å². The fourth-order valence-corrected chi connectivity index (χ4v) is 5.16. The molecule has 34 heavy (non-hydrogen) atoms. The van der Waals surface area contributed by atoms with Crippen molar-refractivity contribution in [2.45, 2.75) is 6.42 Å². The van der Waals surface area contributed by atoms with Crippen LogP contribution in [0.25, 0.3) is 22.6 Å². The van der Waals surface area contributed by atoms with Gasteiger partial charge in [-0.05, 0) is 24.3 Å². The first-order chi connectivity index (χ1) is 16.4. The molecule has 1 aromatic carbocycles. The quantitative estimate of drug-likeness (QED) is 0.455. The molecule has 0 unspecified atom stereocenters. The molecule has 0 bridgehead atoms. The highest BCUT2D eigenvalue weighted by molar-refractivity contribution is 7.89. The van der Waals surface area contributed by atoms with Gasteiger partial charge in [-0.15, -0.1) is 0 Å². The van der Waals surface area contributed by atoms with Gasteiger partial charge in [0.25, 0.3) is 0 Å². The number of anilines is 1. The van der Waals surface area contributed by atoms with Gasteiger partial charge in [-0.3, -0.25) is 9.78 Å². The molecule has 0 radical (unpaired) electrons. The van der Waals surface area contributed by atoms with Crippen molar-refractivity contribution in [2.24, 2.45) is 0 Å². The first-order valence-electron chi connectivity index (χ1n) is 10.7. The summed E-state index contributed by atoms with van der Waals surface area (Å²) in [6.07, 6.45) is 3.23. The molecule has 1 aliphatic rings. The van der Waals surface area contributed by atoms with E-state index in [0.717, 1.165) is 16.8 Å². The zero-order valence-electron chi connectivity index (χ0n) is 18.6. The lowest BCUT2D eigenvalue weighted by molar-refractivity contribution is -0.140. The molecule has 0 saturated carbocycles. The smallest absolute Gasteiger partial charge is 0.306 e. The van der Waals surface area contributed by atoms with Crippen LogP contribution in [-0.2, 0) is 19.6 Å². The SMILES string of the molecule is COC(=O)CCS(=O)(=O)N1CCN(c2cc(-c3ccc(Cl)cc3)nc(-c3cccnc3)n2)CC1. The first-order valence-corrected chi connectivity index (χ1v) is 12.7. The molecule has 1 aliphatic heterocycles. The third-order valence-corrected chi connectivity index (χ3v) is 7.64. The molecular weight excluding hydrogens is 478 g/mol. The zero-order chi connectivity index (χ0) is 24.1. The molecule has 0 amide bonds. The number of esters is 1. The topological polar surface area (TPSA) is 106 Å². The van der Waals surface area contributed by atoms with Crippen LogP contribution in [0.2, 0.25) is 5.02 Å². The summed E-state index contributed by atoms with van der Waals surface area (Å²) in [4.78, 5) is 27.0. The molecular formula is C23H24ClN5O4S. The number of nitrogens with zero attached hydrogens (tertiary/aromatic N) is 5. The Labute approximate surface area is 203 Å². The number of sulfonamides is 1. The minimum Gasteiger partial charge on any atom is -0.469 e. The summed E-state index contributed by atoms with van der Waals surface area (Å²) >= 11 is 6.05. The second kappa shape index (κ2) is 10.5. The van der Waals surface area contributed by atoms with E-state index in [4.69, 9.17) is 21.6 Å². The van der Waals surface area contributed by atoms with Crippen molar-refractivity contribution in [3.05, 3.63) is 59.9 Å². The van der Waals surface area contributed by atoms with Gasteiger partial charge in [0.2, 0.25) is 10.0 Å². The number of ether oxygens (including phenoxy) is 1. The summed E-state index contributed by atoms with van der Waals surface area (Å²) in [5, 5.41) is 0.634. The lowest BCUT2D eigenvalue weighted by atomic mass is 10.1. The van der Waals surface area contributed by atoms with E-state index in [2.05, 4.69) is 9.72 Å². The molecule has 9 nitrogen and oxygen atoms in total. The first kappa shape index (κ1) is 24.1. The highest BCUT2D eigenvalue weighted by Crippen LogP contribution is 2.27. The number of aromatic nitrogens is 3. The monoisotopic (exact) mass is 501 g/mol. The van der Waals surface area contributed by atoms with Gasteiger partial charge >= 0.3 is 5.97 Å². The van der Waals surface area contributed by atoms with Crippen molar-refractivity contribution < 1.29 is 17.9 Å². The van der Waals surface area contributed by atoms with Crippen LogP contribution < -0.4 is 4.90 Å². The average Bonchev–Trinajstić information content (AvgIpc) is 2.88. The van der Waals surface area contributed by atoms with Crippen LogP contribution in [0.3, 0.4) is 0 Å². The average molecular weight is 502 g/mol. The molecule has 0 aliphatic carbocycles. The van der Waals surface area contributed by atoms with Crippen molar-refractivity contribution in [3.8, 4) is 22.6 Å². The number of methoxy groups -OCH3 is 1. The summed E-state index contributed by atoms with van der Waals surface area (Å²) < 4.78 is 31.2. The van der Waals surface area contributed by atoms with Crippen molar-refractivity contribution in [1.82, 2.24) is 19.3 Å². The molecule has 178 valence electrons. The molecule has 4 rings (SSSR count). The van der Waals surface area contributed by atoms with E-state index < -0.39 is 16.0 Å². The molecule has 0 atom stereocenters. The second-order valence-corrected chi connectivity index (χ2v) is 10.2. The second-order valence-electron chi connectivity index (χ2n) is 7.71. The Hall–Kier alpha value is -3.08. The molecule has 1 saturated heterocycles. The van der Waals surface area contributed by atoms with E-state index in [1.165, 1.54) is 11.4 Å². The van der Waals surface area contributed by atoms with E-state index in [1.807, 2.05) is 35.2 Å². The van der Waals surface area contributed by atoms with Crippen LogP contribution >= 0.6 is 11.6 Å². The maximum atomic E-state index is 12.6. The fraction of sp³-hybridized carbons (Fsp3) is 0.304. The Kier molecular flexibility index (Phi) is 7.40. The summed E-state index contributed by atoms with van der Waals surface area (Å²) in [5.41, 5.74) is 2.40. The Bertz CT molecular complexity index is 1250. The normalized spacial score (nSPS) is 14.7. The Morgan fingerprint density at radius 1 is 1.06 bits per heavy atom. The molecule has 2 aromatic heterocycles. The lowest BCUT2D eigenvalue weighted by Crippen LogP contribution is -2.49. The molecule has 0 spiro atoms. The van der Waals surface area contributed by atoms with Crippen LogP contribution in [0.4, 0.5) is 5.82 Å². The number of rotatable bonds is 7.